The smallest absolute Gasteiger partial charge is 0.165 e. The molecule has 2 aromatic rings. The van der Waals surface area contributed by atoms with Gasteiger partial charge in [-0.3, -0.25) is 0 Å². The minimum atomic E-state index is -0.436. The summed E-state index contributed by atoms with van der Waals surface area (Å²) in [6, 6.07) is 0. The average molecular weight is 304 g/mol. The Hall–Kier alpha value is -0.780. The number of aromatic nitrogens is 2. The normalized spacial score (nSPS) is 14.4. The Balaban J connectivity index is 2.55. The van der Waals surface area contributed by atoms with Crippen LogP contribution in [0.5, 0.6) is 0 Å². The Kier molecular flexibility index (Phi) is 2.34. The molecule has 6 heteroatoms. The van der Waals surface area contributed by atoms with Crippen molar-refractivity contribution in [3.05, 3.63) is 32.6 Å². The summed E-state index contributed by atoms with van der Waals surface area (Å²) in [7, 11) is 0. The molecule has 0 amide bonds. The molecular weight excluding hydrogens is 298 g/mol. The Morgan fingerprint density at radius 2 is 2.12 bits per heavy atom. The maximum atomic E-state index is 14.0. The van der Waals surface area contributed by atoms with Crippen molar-refractivity contribution in [2.24, 2.45) is 0 Å². The fourth-order valence-electron chi connectivity index (χ4n) is 1.89. The van der Waals surface area contributed by atoms with Crippen LogP contribution in [0.3, 0.4) is 0 Å². The summed E-state index contributed by atoms with van der Waals surface area (Å²) >= 11 is 9.24. The first-order chi connectivity index (χ1) is 7.70. The minimum absolute atomic E-state index is 0.184. The van der Waals surface area contributed by atoms with Gasteiger partial charge in [-0.15, -0.1) is 5.10 Å². The molecule has 2 heterocycles. The van der Waals surface area contributed by atoms with Crippen LogP contribution in [0.25, 0.3) is 10.9 Å². The zero-order valence-corrected chi connectivity index (χ0v) is 10.3. The molecule has 1 aliphatic rings. The molecule has 0 atom stereocenters. The van der Waals surface area contributed by atoms with Gasteiger partial charge in [0.25, 0.3) is 0 Å². The van der Waals surface area contributed by atoms with Gasteiger partial charge >= 0.3 is 0 Å². The summed E-state index contributed by atoms with van der Waals surface area (Å²) < 4.78 is 19.7. The van der Waals surface area contributed by atoms with Crippen molar-refractivity contribution in [1.82, 2.24) is 10.2 Å². The second kappa shape index (κ2) is 3.61. The van der Waals surface area contributed by atoms with E-state index < -0.39 is 5.82 Å². The van der Waals surface area contributed by atoms with Crippen LogP contribution in [0.15, 0.2) is 10.7 Å². The monoisotopic (exact) mass is 302 g/mol. The third-order valence-corrected chi connectivity index (χ3v) is 3.74. The lowest BCUT2D eigenvalue weighted by atomic mass is 10.0. The van der Waals surface area contributed by atoms with E-state index >= 15 is 0 Å². The summed E-state index contributed by atoms with van der Waals surface area (Å²) in [5, 5.41) is 8.44. The van der Waals surface area contributed by atoms with Crippen molar-refractivity contribution in [3.8, 4) is 0 Å². The van der Waals surface area contributed by atoms with Crippen molar-refractivity contribution in [1.29, 1.82) is 0 Å². The first kappa shape index (κ1) is 10.4. The van der Waals surface area contributed by atoms with Crippen molar-refractivity contribution >= 4 is 38.4 Å². The minimum Gasteiger partial charge on any atom is -0.372 e. The van der Waals surface area contributed by atoms with E-state index in [-0.39, 0.29) is 5.52 Å². The predicted molar refractivity (Wildman–Crippen MR) is 60.7 cm³/mol. The Morgan fingerprint density at radius 1 is 1.38 bits per heavy atom. The molecule has 0 unspecified atom stereocenters. The van der Waals surface area contributed by atoms with Gasteiger partial charge in [-0.2, -0.15) is 5.10 Å². The van der Waals surface area contributed by atoms with Crippen molar-refractivity contribution in [2.45, 2.75) is 13.2 Å². The SMILES string of the molecule is Fc1c(Br)c2c(c3c(Cl)cnnc13)COC2. The molecule has 0 aliphatic carbocycles. The number of ether oxygens (including phenoxy) is 1. The maximum absolute atomic E-state index is 14.0. The molecule has 3 rings (SSSR count). The Bertz CT molecular complexity index is 605. The van der Waals surface area contributed by atoms with Gasteiger partial charge in [0.05, 0.1) is 28.9 Å². The largest absolute Gasteiger partial charge is 0.372 e. The number of hydrogen-bond donors (Lipinski definition) is 0. The topological polar surface area (TPSA) is 35.0 Å². The fraction of sp³-hybridized carbons (Fsp3) is 0.200. The van der Waals surface area contributed by atoms with Crippen LogP contribution in [-0.4, -0.2) is 10.2 Å². The lowest BCUT2D eigenvalue weighted by Crippen LogP contribution is -1.97. The van der Waals surface area contributed by atoms with Crippen LogP contribution in [0.1, 0.15) is 11.1 Å². The molecule has 82 valence electrons. The quantitative estimate of drug-likeness (QED) is 0.749. The van der Waals surface area contributed by atoms with Gasteiger partial charge in [-0.25, -0.2) is 4.39 Å². The number of nitrogens with zero attached hydrogens (tertiary/aromatic N) is 2. The number of halogens is 3. The first-order valence-corrected chi connectivity index (χ1v) is 5.74. The van der Waals surface area contributed by atoms with Crippen LogP contribution < -0.4 is 0 Å². The van der Waals surface area contributed by atoms with E-state index in [2.05, 4.69) is 26.1 Å². The highest BCUT2D eigenvalue weighted by Gasteiger charge is 2.24. The van der Waals surface area contributed by atoms with Crippen molar-refractivity contribution in [3.63, 3.8) is 0 Å². The Morgan fingerprint density at radius 3 is 2.94 bits per heavy atom. The summed E-state index contributed by atoms with van der Waals surface area (Å²) in [4.78, 5) is 0. The van der Waals surface area contributed by atoms with Gasteiger partial charge in [0.15, 0.2) is 5.82 Å². The van der Waals surface area contributed by atoms with Crippen LogP contribution in [0, 0.1) is 5.82 Å². The summed E-state index contributed by atoms with van der Waals surface area (Å²) in [6.45, 7) is 0.817. The first-order valence-electron chi connectivity index (χ1n) is 4.57. The summed E-state index contributed by atoms with van der Waals surface area (Å²) in [5.74, 6) is -0.436. The number of benzene rings is 1. The molecule has 1 aromatic heterocycles. The van der Waals surface area contributed by atoms with E-state index in [1.807, 2.05) is 0 Å². The highest BCUT2D eigenvalue weighted by Crippen LogP contribution is 2.38. The van der Waals surface area contributed by atoms with E-state index in [4.69, 9.17) is 16.3 Å². The fourth-order valence-corrected chi connectivity index (χ4v) is 2.68. The van der Waals surface area contributed by atoms with Crippen molar-refractivity contribution < 1.29 is 9.13 Å². The number of fused-ring (bicyclic) bond motifs is 3. The number of rotatable bonds is 0. The Labute approximate surface area is 104 Å². The molecule has 16 heavy (non-hydrogen) atoms. The van der Waals surface area contributed by atoms with Gasteiger partial charge in [0.1, 0.15) is 5.52 Å². The zero-order chi connectivity index (χ0) is 11.3. The van der Waals surface area contributed by atoms with E-state index in [9.17, 15) is 4.39 Å². The van der Waals surface area contributed by atoms with Gasteiger partial charge in [0.2, 0.25) is 0 Å². The van der Waals surface area contributed by atoms with Gasteiger partial charge in [-0.1, -0.05) is 11.6 Å². The van der Waals surface area contributed by atoms with E-state index in [0.717, 1.165) is 11.1 Å². The van der Waals surface area contributed by atoms with E-state index in [1.54, 1.807) is 0 Å². The molecule has 0 radical (unpaired) electrons. The lowest BCUT2D eigenvalue weighted by molar-refractivity contribution is 0.134. The van der Waals surface area contributed by atoms with Crippen LogP contribution in [-0.2, 0) is 18.0 Å². The predicted octanol–water partition coefficient (Wildman–Crippen LogP) is 3.22. The molecule has 0 fully saturated rings. The average Bonchev–Trinajstić information content (AvgIpc) is 2.74. The third-order valence-electron chi connectivity index (χ3n) is 2.63. The highest BCUT2D eigenvalue weighted by atomic mass is 79.9. The second-order valence-corrected chi connectivity index (χ2v) is 4.69. The summed E-state index contributed by atoms with van der Waals surface area (Å²) in [5.41, 5.74) is 1.88. The van der Waals surface area contributed by atoms with Gasteiger partial charge in [0, 0.05) is 10.9 Å². The van der Waals surface area contributed by atoms with Gasteiger partial charge in [-0.05, 0) is 21.5 Å². The highest BCUT2D eigenvalue weighted by molar-refractivity contribution is 9.10. The third kappa shape index (κ3) is 1.28. The van der Waals surface area contributed by atoms with E-state index in [1.165, 1.54) is 6.20 Å². The molecule has 0 saturated carbocycles. The number of hydrogen-bond acceptors (Lipinski definition) is 3. The van der Waals surface area contributed by atoms with E-state index in [0.29, 0.717) is 28.1 Å². The standard InChI is InChI=1S/C10H5BrClFN2O/c11-8-5-3-16-2-4(5)7-6(12)1-14-15-10(7)9(8)13/h1H,2-3H2. The maximum Gasteiger partial charge on any atom is 0.165 e. The molecule has 0 spiro atoms. The molecule has 0 saturated heterocycles. The molecular formula is C10H5BrClFN2O. The van der Waals surface area contributed by atoms with Gasteiger partial charge < -0.3 is 4.74 Å². The molecule has 1 aromatic carbocycles. The second-order valence-electron chi connectivity index (χ2n) is 3.49. The molecule has 3 nitrogen and oxygen atoms in total. The lowest BCUT2D eigenvalue weighted by Gasteiger charge is -2.08. The summed E-state index contributed by atoms with van der Waals surface area (Å²) in [6.07, 6.45) is 1.41. The molecule has 0 N–H and O–H groups in total. The van der Waals surface area contributed by atoms with Crippen LogP contribution in [0.4, 0.5) is 4.39 Å². The molecule has 0 bridgehead atoms. The van der Waals surface area contributed by atoms with Crippen molar-refractivity contribution in [2.75, 3.05) is 0 Å². The van der Waals surface area contributed by atoms with Crippen LogP contribution >= 0.6 is 27.5 Å². The molecule has 1 aliphatic heterocycles. The zero-order valence-electron chi connectivity index (χ0n) is 7.93. The van der Waals surface area contributed by atoms with Crippen LogP contribution in [0.2, 0.25) is 5.02 Å².